The molecule has 0 bridgehead atoms. The Morgan fingerprint density at radius 2 is 1.79 bits per heavy atom. The summed E-state index contributed by atoms with van der Waals surface area (Å²) >= 11 is 14.1. The van der Waals surface area contributed by atoms with E-state index in [-0.39, 0.29) is 5.41 Å². The molecule has 2 rings (SSSR count). The van der Waals surface area contributed by atoms with Crippen LogP contribution in [0.2, 0.25) is 10.0 Å². The Balaban J connectivity index is 1.97. The highest BCUT2D eigenvalue weighted by Crippen LogP contribution is 2.28. The number of hydrogen-bond acceptors (Lipinski definition) is 2. The van der Waals surface area contributed by atoms with Crippen LogP contribution in [-0.4, -0.2) is 6.54 Å². The molecule has 0 saturated carbocycles. The molecular formula is C15H17Cl2NS. The molecule has 1 heterocycles. The summed E-state index contributed by atoms with van der Waals surface area (Å²) in [4.78, 5) is 1.38. The first-order valence-corrected chi connectivity index (χ1v) is 7.82. The Morgan fingerprint density at radius 1 is 1.11 bits per heavy atom. The van der Waals surface area contributed by atoms with E-state index in [2.05, 4.69) is 36.7 Å². The van der Waals surface area contributed by atoms with Gasteiger partial charge in [0.2, 0.25) is 0 Å². The summed E-state index contributed by atoms with van der Waals surface area (Å²) in [6.45, 7) is 6.04. The van der Waals surface area contributed by atoms with Crippen LogP contribution in [0.5, 0.6) is 0 Å². The Labute approximate surface area is 128 Å². The van der Waals surface area contributed by atoms with Crippen molar-refractivity contribution in [2.45, 2.75) is 25.8 Å². The second kappa shape index (κ2) is 6.27. The van der Waals surface area contributed by atoms with E-state index in [9.17, 15) is 0 Å². The molecule has 0 atom stereocenters. The van der Waals surface area contributed by atoms with Gasteiger partial charge in [-0.25, -0.2) is 0 Å². The van der Waals surface area contributed by atoms with Gasteiger partial charge >= 0.3 is 0 Å². The topological polar surface area (TPSA) is 12.0 Å². The summed E-state index contributed by atoms with van der Waals surface area (Å²) in [6, 6.07) is 9.87. The van der Waals surface area contributed by atoms with E-state index < -0.39 is 0 Å². The first-order chi connectivity index (χ1) is 9.00. The molecule has 0 aliphatic rings. The van der Waals surface area contributed by atoms with Crippen LogP contribution in [0.4, 0.5) is 0 Å². The fourth-order valence-corrected chi connectivity index (χ4v) is 3.34. The highest BCUT2D eigenvalue weighted by atomic mass is 35.5. The van der Waals surface area contributed by atoms with E-state index in [1.54, 1.807) is 11.3 Å². The van der Waals surface area contributed by atoms with Crippen LogP contribution in [0, 0.1) is 0 Å². The molecule has 0 spiro atoms. The summed E-state index contributed by atoms with van der Waals surface area (Å²) in [7, 11) is 0. The van der Waals surface area contributed by atoms with Crippen molar-refractivity contribution < 1.29 is 0 Å². The second-order valence-corrected chi connectivity index (χ2v) is 6.93. The van der Waals surface area contributed by atoms with Gasteiger partial charge in [-0.3, -0.25) is 0 Å². The lowest BCUT2D eigenvalue weighted by Crippen LogP contribution is -2.32. The fraction of sp³-hybridized carbons (Fsp3) is 0.333. The standard InChI is InChI=1S/C15H17Cl2NS/c1-15(2,14-7-4-8-19-14)10-18-9-11-12(16)5-3-6-13(11)17/h3-8,18H,9-10H2,1-2H3. The van der Waals surface area contributed by atoms with Crippen molar-refractivity contribution in [2.75, 3.05) is 6.54 Å². The molecule has 102 valence electrons. The maximum atomic E-state index is 6.16. The summed E-state index contributed by atoms with van der Waals surface area (Å²) in [5.74, 6) is 0. The van der Waals surface area contributed by atoms with Crippen molar-refractivity contribution in [3.05, 3.63) is 56.2 Å². The van der Waals surface area contributed by atoms with Crippen molar-refractivity contribution in [3.63, 3.8) is 0 Å². The number of benzene rings is 1. The van der Waals surface area contributed by atoms with Gasteiger partial charge in [0.1, 0.15) is 0 Å². The van der Waals surface area contributed by atoms with Gasteiger partial charge in [-0.2, -0.15) is 0 Å². The zero-order chi connectivity index (χ0) is 13.9. The second-order valence-electron chi connectivity index (χ2n) is 5.16. The van der Waals surface area contributed by atoms with E-state index in [4.69, 9.17) is 23.2 Å². The number of thiophene rings is 1. The van der Waals surface area contributed by atoms with Crippen LogP contribution in [0.25, 0.3) is 0 Å². The summed E-state index contributed by atoms with van der Waals surface area (Å²) in [5.41, 5.74) is 1.08. The minimum Gasteiger partial charge on any atom is -0.312 e. The Morgan fingerprint density at radius 3 is 2.37 bits per heavy atom. The highest BCUT2D eigenvalue weighted by Gasteiger charge is 2.21. The number of rotatable bonds is 5. The molecule has 0 fully saturated rings. The first kappa shape index (κ1) is 14.9. The summed E-state index contributed by atoms with van der Waals surface area (Å²) in [5, 5.41) is 7.00. The average molecular weight is 314 g/mol. The predicted octanol–water partition coefficient (Wildman–Crippen LogP) is 5.12. The van der Waals surface area contributed by atoms with Crippen molar-refractivity contribution in [1.82, 2.24) is 5.32 Å². The molecule has 1 aromatic heterocycles. The molecule has 0 aliphatic heterocycles. The zero-order valence-electron chi connectivity index (χ0n) is 11.0. The number of hydrogen-bond donors (Lipinski definition) is 1. The Bertz CT molecular complexity index is 515. The van der Waals surface area contributed by atoms with Gasteiger partial charge in [0.05, 0.1) is 0 Å². The number of halogens is 2. The number of nitrogens with one attached hydrogen (secondary N) is 1. The molecule has 19 heavy (non-hydrogen) atoms. The molecule has 1 aromatic carbocycles. The molecule has 1 N–H and O–H groups in total. The van der Waals surface area contributed by atoms with E-state index in [0.717, 1.165) is 12.1 Å². The van der Waals surface area contributed by atoms with Crippen molar-refractivity contribution in [3.8, 4) is 0 Å². The van der Waals surface area contributed by atoms with Crippen molar-refractivity contribution >= 4 is 34.5 Å². The molecule has 0 unspecified atom stereocenters. The van der Waals surface area contributed by atoms with Gasteiger partial charge in [0.15, 0.2) is 0 Å². The van der Waals surface area contributed by atoms with Crippen LogP contribution in [0.15, 0.2) is 35.7 Å². The molecule has 0 saturated heterocycles. The van der Waals surface area contributed by atoms with E-state index in [1.807, 2.05) is 18.2 Å². The average Bonchev–Trinajstić information content (AvgIpc) is 2.87. The van der Waals surface area contributed by atoms with Crippen LogP contribution in [0.3, 0.4) is 0 Å². The van der Waals surface area contributed by atoms with Gasteiger partial charge in [0, 0.05) is 39.0 Å². The lowest BCUT2D eigenvalue weighted by atomic mass is 9.91. The molecule has 4 heteroatoms. The maximum Gasteiger partial charge on any atom is 0.0465 e. The lowest BCUT2D eigenvalue weighted by molar-refractivity contribution is 0.477. The highest BCUT2D eigenvalue weighted by molar-refractivity contribution is 7.10. The monoisotopic (exact) mass is 313 g/mol. The third-order valence-electron chi connectivity index (χ3n) is 3.12. The smallest absolute Gasteiger partial charge is 0.0465 e. The van der Waals surface area contributed by atoms with Gasteiger partial charge in [-0.15, -0.1) is 11.3 Å². The zero-order valence-corrected chi connectivity index (χ0v) is 13.4. The first-order valence-electron chi connectivity index (χ1n) is 6.18. The largest absolute Gasteiger partial charge is 0.312 e. The molecule has 1 nitrogen and oxygen atoms in total. The lowest BCUT2D eigenvalue weighted by Gasteiger charge is -2.24. The third kappa shape index (κ3) is 3.73. The predicted molar refractivity (Wildman–Crippen MR) is 85.5 cm³/mol. The van der Waals surface area contributed by atoms with Crippen molar-refractivity contribution in [2.24, 2.45) is 0 Å². The van der Waals surface area contributed by atoms with E-state index in [1.165, 1.54) is 4.88 Å². The summed E-state index contributed by atoms with van der Waals surface area (Å²) < 4.78 is 0. The van der Waals surface area contributed by atoms with Gasteiger partial charge < -0.3 is 5.32 Å². The minimum atomic E-state index is 0.113. The minimum absolute atomic E-state index is 0.113. The van der Waals surface area contributed by atoms with E-state index >= 15 is 0 Å². The van der Waals surface area contributed by atoms with Crippen LogP contribution in [0.1, 0.15) is 24.3 Å². The normalized spacial score (nSPS) is 11.8. The SMILES string of the molecule is CC(C)(CNCc1c(Cl)cccc1Cl)c1cccs1. The van der Waals surface area contributed by atoms with E-state index in [0.29, 0.717) is 16.6 Å². The maximum absolute atomic E-state index is 6.16. The molecule has 0 aliphatic carbocycles. The molecular weight excluding hydrogens is 297 g/mol. The fourth-order valence-electron chi connectivity index (χ4n) is 1.95. The van der Waals surface area contributed by atoms with Gasteiger partial charge in [-0.05, 0) is 23.6 Å². The Kier molecular flexibility index (Phi) is 4.91. The molecule has 2 aromatic rings. The summed E-state index contributed by atoms with van der Waals surface area (Å²) in [6.07, 6.45) is 0. The van der Waals surface area contributed by atoms with Crippen LogP contribution < -0.4 is 5.32 Å². The van der Waals surface area contributed by atoms with Gasteiger partial charge in [0.25, 0.3) is 0 Å². The van der Waals surface area contributed by atoms with Crippen LogP contribution in [-0.2, 0) is 12.0 Å². The van der Waals surface area contributed by atoms with Crippen molar-refractivity contribution in [1.29, 1.82) is 0 Å². The quantitative estimate of drug-likeness (QED) is 0.807. The van der Waals surface area contributed by atoms with Gasteiger partial charge in [-0.1, -0.05) is 49.2 Å². The third-order valence-corrected chi connectivity index (χ3v) is 5.06. The van der Waals surface area contributed by atoms with Crippen LogP contribution >= 0.6 is 34.5 Å². The Hall–Kier alpha value is -0.540. The molecule has 0 amide bonds. The molecule has 0 radical (unpaired) electrons.